The van der Waals surface area contributed by atoms with Crippen LogP contribution in [0.15, 0.2) is 41.3 Å². The average Bonchev–Trinajstić information content (AvgIpc) is 2.83. The summed E-state index contributed by atoms with van der Waals surface area (Å²) in [6.07, 6.45) is 0. The smallest absolute Gasteiger partial charge is 0.233 e. The standard InChI is InChI=1S/C14H14ClNO2S2/c1-16(8-12-6-7-13(15)20-12)14(18)9-19-11-4-2-10(17)3-5-11/h2-7,17H,8-9H2,1H3. The number of rotatable bonds is 5. The molecule has 0 aliphatic rings. The molecular weight excluding hydrogens is 314 g/mol. The minimum atomic E-state index is 0.0626. The monoisotopic (exact) mass is 327 g/mol. The van der Waals surface area contributed by atoms with Gasteiger partial charge in [-0.05, 0) is 36.4 Å². The van der Waals surface area contributed by atoms with Crippen molar-refractivity contribution in [1.82, 2.24) is 4.90 Å². The molecule has 0 radical (unpaired) electrons. The van der Waals surface area contributed by atoms with Gasteiger partial charge in [-0.3, -0.25) is 4.79 Å². The first-order valence-corrected chi connectivity index (χ1v) is 8.12. The molecule has 2 aromatic rings. The first-order chi connectivity index (χ1) is 9.54. The highest BCUT2D eigenvalue weighted by Crippen LogP contribution is 2.24. The van der Waals surface area contributed by atoms with E-state index in [2.05, 4.69) is 0 Å². The molecule has 20 heavy (non-hydrogen) atoms. The van der Waals surface area contributed by atoms with Gasteiger partial charge in [0.2, 0.25) is 5.91 Å². The number of phenols is 1. The van der Waals surface area contributed by atoms with Crippen LogP contribution in [0.25, 0.3) is 0 Å². The summed E-state index contributed by atoms with van der Waals surface area (Å²) in [6, 6.07) is 10.6. The normalized spacial score (nSPS) is 10.5. The Hall–Kier alpha value is -1.17. The highest BCUT2D eigenvalue weighted by atomic mass is 35.5. The van der Waals surface area contributed by atoms with Crippen LogP contribution in [0.5, 0.6) is 5.75 Å². The third kappa shape index (κ3) is 4.44. The lowest BCUT2D eigenvalue weighted by molar-refractivity contribution is -0.127. The Morgan fingerprint density at radius 3 is 2.60 bits per heavy atom. The molecule has 1 heterocycles. The van der Waals surface area contributed by atoms with Crippen molar-refractivity contribution in [1.29, 1.82) is 0 Å². The Labute approximate surface area is 131 Å². The van der Waals surface area contributed by atoms with Crippen molar-refractivity contribution < 1.29 is 9.90 Å². The molecule has 0 bridgehead atoms. The first-order valence-electron chi connectivity index (χ1n) is 5.94. The van der Waals surface area contributed by atoms with Gasteiger partial charge in [0.25, 0.3) is 0 Å². The van der Waals surface area contributed by atoms with E-state index >= 15 is 0 Å². The molecule has 0 saturated heterocycles. The maximum absolute atomic E-state index is 12.0. The molecular formula is C14H14ClNO2S2. The summed E-state index contributed by atoms with van der Waals surface area (Å²) in [5.74, 6) is 0.667. The van der Waals surface area contributed by atoms with Crippen molar-refractivity contribution >= 4 is 40.6 Å². The fraction of sp³-hybridized carbons (Fsp3) is 0.214. The number of halogens is 1. The van der Waals surface area contributed by atoms with Crippen LogP contribution in [0.2, 0.25) is 4.34 Å². The van der Waals surface area contributed by atoms with Gasteiger partial charge in [-0.1, -0.05) is 11.6 Å². The Kier molecular flexibility index (Phi) is 5.34. The lowest BCUT2D eigenvalue weighted by Crippen LogP contribution is -2.27. The van der Waals surface area contributed by atoms with Gasteiger partial charge < -0.3 is 10.0 Å². The van der Waals surface area contributed by atoms with E-state index in [-0.39, 0.29) is 11.7 Å². The third-order valence-electron chi connectivity index (χ3n) is 2.65. The second kappa shape index (κ2) is 7.02. The summed E-state index contributed by atoms with van der Waals surface area (Å²) < 4.78 is 0.735. The van der Waals surface area contributed by atoms with Crippen LogP contribution >= 0.6 is 34.7 Å². The number of aromatic hydroxyl groups is 1. The molecule has 1 aromatic heterocycles. The molecule has 6 heteroatoms. The minimum Gasteiger partial charge on any atom is -0.508 e. The largest absolute Gasteiger partial charge is 0.508 e. The van der Waals surface area contributed by atoms with E-state index in [1.807, 2.05) is 12.1 Å². The number of thioether (sulfide) groups is 1. The van der Waals surface area contributed by atoms with E-state index in [9.17, 15) is 9.90 Å². The van der Waals surface area contributed by atoms with Crippen LogP contribution < -0.4 is 0 Å². The summed E-state index contributed by atoms with van der Waals surface area (Å²) in [5, 5.41) is 9.19. The molecule has 0 spiro atoms. The van der Waals surface area contributed by atoms with Crippen LogP contribution in [0.3, 0.4) is 0 Å². The quantitative estimate of drug-likeness (QED) is 0.848. The van der Waals surface area contributed by atoms with Gasteiger partial charge in [-0.2, -0.15) is 0 Å². The molecule has 0 unspecified atom stereocenters. The van der Waals surface area contributed by atoms with Crippen molar-refractivity contribution in [3.05, 3.63) is 45.6 Å². The second-order valence-electron chi connectivity index (χ2n) is 4.24. The van der Waals surface area contributed by atoms with Crippen LogP contribution in [-0.2, 0) is 11.3 Å². The molecule has 1 aromatic carbocycles. The number of nitrogens with zero attached hydrogens (tertiary/aromatic N) is 1. The van der Waals surface area contributed by atoms with Crippen molar-refractivity contribution in [2.45, 2.75) is 11.4 Å². The van der Waals surface area contributed by atoms with E-state index in [1.54, 1.807) is 36.2 Å². The number of benzene rings is 1. The van der Waals surface area contributed by atoms with Gasteiger partial charge in [0.05, 0.1) is 16.6 Å². The molecule has 0 fully saturated rings. The lowest BCUT2D eigenvalue weighted by atomic mass is 10.3. The zero-order valence-electron chi connectivity index (χ0n) is 10.9. The van der Waals surface area contributed by atoms with E-state index in [4.69, 9.17) is 11.6 Å². The van der Waals surface area contributed by atoms with Gasteiger partial charge in [0.1, 0.15) is 5.75 Å². The van der Waals surface area contributed by atoms with Crippen LogP contribution in [-0.4, -0.2) is 28.7 Å². The Balaban J connectivity index is 1.83. The van der Waals surface area contributed by atoms with Crippen LogP contribution in [0.1, 0.15) is 4.88 Å². The van der Waals surface area contributed by atoms with E-state index in [0.717, 1.165) is 14.1 Å². The SMILES string of the molecule is CN(Cc1ccc(Cl)s1)C(=O)CSc1ccc(O)cc1. The molecule has 0 aliphatic carbocycles. The fourth-order valence-corrected chi connectivity index (χ4v) is 3.54. The van der Waals surface area contributed by atoms with Gasteiger partial charge in [0.15, 0.2) is 0 Å². The number of phenolic OH excluding ortho intramolecular Hbond substituents is 1. The summed E-state index contributed by atoms with van der Waals surface area (Å²) in [7, 11) is 1.79. The lowest BCUT2D eigenvalue weighted by Gasteiger charge is -2.15. The Morgan fingerprint density at radius 2 is 2.00 bits per heavy atom. The van der Waals surface area contributed by atoms with Gasteiger partial charge in [0, 0.05) is 16.8 Å². The van der Waals surface area contributed by atoms with Crippen molar-refractivity contribution in [3.63, 3.8) is 0 Å². The predicted octanol–water partition coefficient (Wildman–Crippen LogP) is 3.86. The summed E-state index contributed by atoms with van der Waals surface area (Å²) in [6.45, 7) is 0.576. The maximum atomic E-state index is 12.0. The van der Waals surface area contributed by atoms with Crippen LogP contribution in [0.4, 0.5) is 0 Å². The number of thiophene rings is 1. The van der Waals surface area contributed by atoms with Crippen molar-refractivity contribution in [2.24, 2.45) is 0 Å². The predicted molar refractivity (Wildman–Crippen MR) is 84.6 cm³/mol. The maximum Gasteiger partial charge on any atom is 0.233 e. The summed E-state index contributed by atoms with van der Waals surface area (Å²) in [5.41, 5.74) is 0. The van der Waals surface area contributed by atoms with Crippen molar-refractivity contribution in [3.8, 4) is 5.75 Å². The van der Waals surface area contributed by atoms with E-state index in [1.165, 1.54) is 23.1 Å². The molecule has 0 saturated carbocycles. The zero-order chi connectivity index (χ0) is 14.5. The van der Waals surface area contributed by atoms with Gasteiger partial charge in [-0.25, -0.2) is 0 Å². The average molecular weight is 328 g/mol. The molecule has 0 aliphatic heterocycles. The molecule has 2 rings (SSSR count). The first kappa shape index (κ1) is 15.2. The number of carbonyl (C=O) groups is 1. The highest BCUT2D eigenvalue weighted by molar-refractivity contribution is 8.00. The molecule has 0 atom stereocenters. The van der Waals surface area contributed by atoms with Crippen molar-refractivity contribution in [2.75, 3.05) is 12.8 Å². The fourth-order valence-electron chi connectivity index (χ4n) is 1.56. The number of carbonyl (C=O) groups excluding carboxylic acids is 1. The topological polar surface area (TPSA) is 40.5 Å². The number of amides is 1. The van der Waals surface area contributed by atoms with E-state index in [0.29, 0.717) is 12.3 Å². The Bertz CT molecular complexity index is 583. The minimum absolute atomic E-state index is 0.0626. The third-order valence-corrected chi connectivity index (χ3v) is 4.86. The summed E-state index contributed by atoms with van der Waals surface area (Å²) in [4.78, 5) is 15.7. The number of hydrogen-bond acceptors (Lipinski definition) is 4. The highest BCUT2D eigenvalue weighted by Gasteiger charge is 2.11. The van der Waals surface area contributed by atoms with Gasteiger partial charge in [-0.15, -0.1) is 23.1 Å². The molecule has 3 nitrogen and oxygen atoms in total. The molecule has 1 N–H and O–H groups in total. The van der Waals surface area contributed by atoms with E-state index < -0.39 is 0 Å². The second-order valence-corrected chi connectivity index (χ2v) is 7.09. The molecule has 106 valence electrons. The van der Waals surface area contributed by atoms with Gasteiger partial charge >= 0.3 is 0 Å². The van der Waals surface area contributed by atoms with Crippen LogP contribution in [0, 0.1) is 0 Å². The molecule has 1 amide bonds. The Morgan fingerprint density at radius 1 is 1.30 bits per heavy atom. The number of hydrogen-bond donors (Lipinski definition) is 1. The zero-order valence-corrected chi connectivity index (χ0v) is 13.3. The summed E-state index contributed by atoms with van der Waals surface area (Å²) >= 11 is 8.81.